The molecule has 1 atom stereocenters. The first-order valence-electron chi connectivity index (χ1n) is 7.40. The van der Waals surface area contributed by atoms with Gasteiger partial charge in [0, 0.05) is 13.2 Å². The van der Waals surface area contributed by atoms with Crippen LogP contribution in [0.3, 0.4) is 0 Å². The summed E-state index contributed by atoms with van der Waals surface area (Å²) in [6.07, 6.45) is 6.28. The number of ether oxygens (including phenoxy) is 1. The minimum absolute atomic E-state index is 0.318. The summed E-state index contributed by atoms with van der Waals surface area (Å²) >= 11 is 0. The lowest BCUT2D eigenvalue weighted by Gasteiger charge is -2.33. The van der Waals surface area contributed by atoms with E-state index in [1.54, 1.807) is 0 Å². The van der Waals surface area contributed by atoms with Crippen molar-refractivity contribution in [3.8, 4) is 6.07 Å². The fraction of sp³-hybridized carbons (Fsp3) is 0.588. The summed E-state index contributed by atoms with van der Waals surface area (Å²) in [6.45, 7) is 3.68. The van der Waals surface area contributed by atoms with E-state index in [1.807, 2.05) is 6.07 Å². The van der Waals surface area contributed by atoms with E-state index >= 15 is 0 Å². The van der Waals surface area contributed by atoms with Crippen LogP contribution in [0.15, 0.2) is 24.3 Å². The lowest BCUT2D eigenvalue weighted by Crippen LogP contribution is -2.30. The van der Waals surface area contributed by atoms with Gasteiger partial charge >= 0.3 is 0 Å². The summed E-state index contributed by atoms with van der Waals surface area (Å²) in [7, 11) is 0. The maximum atomic E-state index is 9.69. The van der Waals surface area contributed by atoms with Gasteiger partial charge in [0.05, 0.1) is 11.5 Å². The highest BCUT2D eigenvalue weighted by Crippen LogP contribution is 2.39. The van der Waals surface area contributed by atoms with Crippen molar-refractivity contribution in [3.63, 3.8) is 0 Å². The lowest BCUT2D eigenvalue weighted by atomic mass is 9.69. The number of fused-ring (bicyclic) bond motifs is 1. The Kier molecular flexibility index (Phi) is 4.99. The highest BCUT2D eigenvalue weighted by molar-refractivity contribution is 5.41. The summed E-state index contributed by atoms with van der Waals surface area (Å²) in [4.78, 5) is 0. The zero-order chi connectivity index (χ0) is 13.6. The number of benzene rings is 1. The van der Waals surface area contributed by atoms with Gasteiger partial charge in [-0.2, -0.15) is 5.26 Å². The number of unbranched alkanes of at least 4 members (excludes halogenated alkanes) is 1. The number of hydrogen-bond acceptors (Lipinski definition) is 2. The van der Waals surface area contributed by atoms with Gasteiger partial charge in [-0.3, -0.25) is 0 Å². The monoisotopic (exact) mass is 257 g/mol. The van der Waals surface area contributed by atoms with Crippen molar-refractivity contribution >= 4 is 0 Å². The first kappa shape index (κ1) is 14.1. The molecule has 0 heterocycles. The molecule has 1 unspecified atom stereocenters. The first-order chi connectivity index (χ1) is 9.32. The van der Waals surface area contributed by atoms with E-state index in [9.17, 15) is 5.26 Å². The van der Waals surface area contributed by atoms with Crippen molar-refractivity contribution in [2.45, 2.75) is 50.9 Å². The van der Waals surface area contributed by atoms with Crippen LogP contribution in [0.4, 0.5) is 0 Å². The second-order valence-electron chi connectivity index (χ2n) is 5.42. The van der Waals surface area contributed by atoms with Gasteiger partial charge in [0.1, 0.15) is 0 Å². The van der Waals surface area contributed by atoms with Crippen molar-refractivity contribution in [1.82, 2.24) is 0 Å². The molecule has 0 amide bonds. The molecule has 0 aliphatic heterocycles. The molecular formula is C17H23NO. The average Bonchev–Trinajstić information content (AvgIpc) is 2.47. The smallest absolute Gasteiger partial charge is 0.0847 e. The second-order valence-corrected chi connectivity index (χ2v) is 5.42. The van der Waals surface area contributed by atoms with Crippen molar-refractivity contribution in [3.05, 3.63) is 35.4 Å². The second kappa shape index (κ2) is 6.73. The molecule has 1 aliphatic carbocycles. The third-order valence-electron chi connectivity index (χ3n) is 4.11. The molecule has 0 saturated carbocycles. The molecule has 1 aromatic rings. The summed E-state index contributed by atoms with van der Waals surface area (Å²) in [5.41, 5.74) is 2.27. The number of nitrogens with zero attached hydrogens (tertiary/aromatic N) is 1. The summed E-state index contributed by atoms with van der Waals surface area (Å²) < 4.78 is 5.67. The molecule has 0 N–H and O–H groups in total. The minimum atomic E-state index is -0.318. The van der Waals surface area contributed by atoms with E-state index in [0.29, 0.717) is 6.61 Å². The van der Waals surface area contributed by atoms with E-state index in [4.69, 9.17) is 4.74 Å². The summed E-state index contributed by atoms with van der Waals surface area (Å²) in [5, 5.41) is 9.69. The maximum Gasteiger partial charge on any atom is 0.0847 e. The average molecular weight is 257 g/mol. The number of nitriles is 1. The van der Waals surface area contributed by atoms with E-state index in [2.05, 4.69) is 31.2 Å². The molecule has 0 bridgehead atoms. The van der Waals surface area contributed by atoms with Crippen LogP contribution < -0.4 is 0 Å². The van der Waals surface area contributed by atoms with Crippen LogP contribution in [0.1, 0.15) is 50.2 Å². The van der Waals surface area contributed by atoms with E-state index in [0.717, 1.165) is 45.1 Å². The van der Waals surface area contributed by atoms with Gasteiger partial charge in [-0.1, -0.05) is 37.6 Å². The zero-order valence-corrected chi connectivity index (χ0v) is 11.8. The Hall–Kier alpha value is -1.33. The predicted molar refractivity (Wildman–Crippen MR) is 77.0 cm³/mol. The van der Waals surface area contributed by atoms with E-state index in [1.165, 1.54) is 11.1 Å². The van der Waals surface area contributed by atoms with Crippen molar-refractivity contribution in [2.75, 3.05) is 13.2 Å². The van der Waals surface area contributed by atoms with Gasteiger partial charge < -0.3 is 4.74 Å². The molecule has 1 aliphatic rings. The molecule has 2 heteroatoms. The Morgan fingerprint density at radius 2 is 2.16 bits per heavy atom. The number of rotatable bonds is 6. The number of aryl methyl sites for hydroxylation is 1. The van der Waals surface area contributed by atoms with Gasteiger partial charge in [0.25, 0.3) is 0 Å². The molecule has 2 nitrogen and oxygen atoms in total. The SMILES string of the molecule is CCCCOCCC1(C#N)CCCc2ccccc21. The van der Waals surface area contributed by atoms with Gasteiger partial charge in [-0.25, -0.2) is 0 Å². The summed E-state index contributed by atoms with van der Waals surface area (Å²) in [6, 6.07) is 11.0. The topological polar surface area (TPSA) is 33.0 Å². The largest absolute Gasteiger partial charge is 0.381 e. The third-order valence-corrected chi connectivity index (χ3v) is 4.11. The van der Waals surface area contributed by atoms with Crippen molar-refractivity contribution in [2.24, 2.45) is 0 Å². The van der Waals surface area contributed by atoms with E-state index in [-0.39, 0.29) is 5.41 Å². The molecule has 102 valence electrons. The van der Waals surface area contributed by atoms with E-state index < -0.39 is 0 Å². The van der Waals surface area contributed by atoms with Crippen molar-refractivity contribution in [1.29, 1.82) is 5.26 Å². The minimum Gasteiger partial charge on any atom is -0.381 e. The molecule has 0 fully saturated rings. The number of hydrogen-bond donors (Lipinski definition) is 0. The molecular weight excluding hydrogens is 234 g/mol. The molecule has 1 aromatic carbocycles. The third kappa shape index (κ3) is 3.16. The predicted octanol–water partition coefficient (Wildman–Crippen LogP) is 3.99. The first-order valence-corrected chi connectivity index (χ1v) is 7.40. The lowest BCUT2D eigenvalue weighted by molar-refractivity contribution is 0.115. The maximum absolute atomic E-state index is 9.69. The zero-order valence-electron chi connectivity index (χ0n) is 11.8. The Labute approximate surface area is 116 Å². The molecule has 0 saturated heterocycles. The van der Waals surface area contributed by atoms with Crippen LogP contribution in [0, 0.1) is 11.3 Å². The van der Waals surface area contributed by atoms with Crippen LogP contribution in [0.2, 0.25) is 0 Å². The summed E-state index contributed by atoms with van der Waals surface area (Å²) in [5.74, 6) is 0. The fourth-order valence-corrected chi connectivity index (χ4v) is 2.95. The highest BCUT2D eigenvalue weighted by atomic mass is 16.5. The molecule has 0 aromatic heterocycles. The quantitative estimate of drug-likeness (QED) is 0.722. The van der Waals surface area contributed by atoms with Gasteiger partial charge in [-0.05, 0) is 43.2 Å². The van der Waals surface area contributed by atoms with Crippen LogP contribution in [-0.2, 0) is 16.6 Å². The van der Waals surface area contributed by atoms with Crippen LogP contribution in [0.25, 0.3) is 0 Å². The normalized spacial score (nSPS) is 21.7. The molecule has 0 spiro atoms. The van der Waals surface area contributed by atoms with Crippen LogP contribution in [0.5, 0.6) is 0 Å². The Morgan fingerprint density at radius 1 is 1.32 bits per heavy atom. The molecule has 19 heavy (non-hydrogen) atoms. The Bertz CT molecular complexity index is 449. The van der Waals surface area contributed by atoms with Crippen LogP contribution >= 0.6 is 0 Å². The standard InChI is InChI=1S/C17H23NO/c1-2-3-12-19-13-11-17(14-18)10-6-8-15-7-4-5-9-16(15)17/h4-5,7,9H,2-3,6,8,10-13H2,1H3. The van der Waals surface area contributed by atoms with Crippen molar-refractivity contribution < 1.29 is 4.74 Å². The molecule has 0 radical (unpaired) electrons. The highest BCUT2D eigenvalue weighted by Gasteiger charge is 2.36. The Morgan fingerprint density at radius 3 is 2.95 bits per heavy atom. The van der Waals surface area contributed by atoms with Gasteiger partial charge in [0.2, 0.25) is 0 Å². The van der Waals surface area contributed by atoms with Crippen LogP contribution in [-0.4, -0.2) is 13.2 Å². The Balaban J connectivity index is 2.05. The van der Waals surface area contributed by atoms with Gasteiger partial charge in [-0.15, -0.1) is 0 Å². The fourth-order valence-electron chi connectivity index (χ4n) is 2.95. The van der Waals surface area contributed by atoms with Gasteiger partial charge in [0.15, 0.2) is 0 Å². The molecule has 2 rings (SSSR count).